The zero-order valence-electron chi connectivity index (χ0n) is 11.4. The summed E-state index contributed by atoms with van der Waals surface area (Å²) in [6.07, 6.45) is 0. The molecule has 0 aliphatic heterocycles. The Balaban J connectivity index is 2.09. The van der Waals surface area contributed by atoms with E-state index in [1.165, 1.54) is 19.2 Å². The number of rotatable bonds is 5. The van der Waals surface area contributed by atoms with E-state index >= 15 is 0 Å². The molecule has 0 aromatic heterocycles. The molecule has 0 atom stereocenters. The van der Waals surface area contributed by atoms with Crippen molar-refractivity contribution in [1.82, 2.24) is 0 Å². The van der Waals surface area contributed by atoms with Gasteiger partial charge in [-0.15, -0.1) is 0 Å². The van der Waals surface area contributed by atoms with Crippen LogP contribution in [0, 0.1) is 4.91 Å². The number of carbonyl (C=O) groups is 1. The number of phenols is 1. The third kappa shape index (κ3) is 4.04. The first kappa shape index (κ1) is 14.5. The molecule has 0 bridgehead atoms. The molecule has 0 saturated heterocycles. The molecule has 2 aromatic carbocycles. The van der Waals surface area contributed by atoms with E-state index in [9.17, 15) is 14.8 Å². The quantitative estimate of drug-likeness (QED) is 0.519. The summed E-state index contributed by atoms with van der Waals surface area (Å²) in [6.45, 7) is 0.0714. The van der Waals surface area contributed by atoms with Crippen molar-refractivity contribution < 1.29 is 24.4 Å². The lowest BCUT2D eigenvalue weighted by atomic mass is 10.2. The van der Waals surface area contributed by atoms with E-state index in [1.54, 1.807) is 36.4 Å². The molecule has 0 radical (unpaired) electrons. The molecule has 0 aliphatic rings. The predicted molar refractivity (Wildman–Crippen MR) is 73.8 cm³/mol. The number of nitrogens with zero attached hydrogens (tertiary/aromatic N) is 1. The summed E-state index contributed by atoms with van der Waals surface area (Å²) in [5.74, 6) is -0.500. The van der Waals surface area contributed by atoms with Crippen LogP contribution in [0.15, 0.2) is 48.5 Å². The Hall–Kier alpha value is -2.89. The van der Waals surface area contributed by atoms with Gasteiger partial charge in [0.15, 0.2) is 6.61 Å². The SMILES string of the molecule is C[N+](=O)OCc1cccc(OC(=O)c2ccccc2O)c1. The van der Waals surface area contributed by atoms with E-state index in [2.05, 4.69) is 0 Å². The van der Waals surface area contributed by atoms with Gasteiger partial charge in [-0.05, 0) is 24.3 Å². The van der Waals surface area contributed by atoms with Gasteiger partial charge in [0.05, 0.1) is 4.91 Å². The smallest absolute Gasteiger partial charge is 0.347 e. The number of carbonyl (C=O) groups excluding carboxylic acids is 1. The highest BCUT2D eigenvalue weighted by Crippen LogP contribution is 2.20. The van der Waals surface area contributed by atoms with E-state index in [0.717, 1.165) is 0 Å². The number of hydrogen-bond donors (Lipinski definition) is 1. The van der Waals surface area contributed by atoms with E-state index < -0.39 is 5.97 Å². The van der Waals surface area contributed by atoms with Gasteiger partial charge in [-0.1, -0.05) is 24.3 Å². The van der Waals surface area contributed by atoms with Crippen LogP contribution in [0.1, 0.15) is 15.9 Å². The topological polar surface area (TPSA) is 75.8 Å². The van der Waals surface area contributed by atoms with Gasteiger partial charge in [0, 0.05) is 5.56 Å². The molecule has 0 aliphatic carbocycles. The number of aromatic hydroxyl groups is 1. The summed E-state index contributed by atoms with van der Waals surface area (Å²) < 4.78 is 5.18. The van der Waals surface area contributed by atoms with Crippen molar-refractivity contribution in [1.29, 1.82) is 0 Å². The normalized spacial score (nSPS) is 9.95. The van der Waals surface area contributed by atoms with Gasteiger partial charge in [-0.25, -0.2) is 9.63 Å². The largest absolute Gasteiger partial charge is 0.507 e. The van der Waals surface area contributed by atoms with Crippen molar-refractivity contribution in [2.75, 3.05) is 7.05 Å². The van der Waals surface area contributed by atoms with Crippen molar-refractivity contribution in [2.45, 2.75) is 6.61 Å². The fraction of sp³-hybridized carbons (Fsp3) is 0.133. The molecule has 108 valence electrons. The average molecular weight is 288 g/mol. The van der Waals surface area contributed by atoms with Gasteiger partial charge < -0.3 is 9.84 Å². The predicted octanol–water partition coefficient (Wildman–Crippen LogP) is 2.45. The Kier molecular flexibility index (Phi) is 4.50. The fourth-order valence-electron chi connectivity index (χ4n) is 1.67. The molecule has 0 unspecified atom stereocenters. The number of hydrogen-bond acceptors (Lipinski definition) is 5. The number of benzene rings is 2. The van der Waals surface area contributed by atoms with Crippen LogP contribution in [0.2, 0.25) is 0 Å². The molecular formula is C15H14NO5+. The van der Waals surface area contributed by atoms with E-state index in [-0.39, 0.29) is 17.9 Å². The summed E-state index contributed by atoms with van der Waals surface area (Å²) in [5.41, 5.74) is 0.763. The maximum atomic E-state index is 11.9. The molecule has 0 amide bonds. The molecule has 0 heterocycles. The van der Waals surface area contributed by atoms with E-state index in [0.29, 0.717) is 16.2 Å². The highest BCUT2D eigenvalue weighted by Gasteiger charge is 2.13. The molecule has 21 heavy (non-hydrogen) atoms. The number of ether oxygens (including phenoxy) is 1. The minimum Gasteiger partial charge on any atom is -0.507 e. The van der Waals surface area contributed by atoms with Crippen LogP contribution >= 0.6 is 0 Å². The Morgan fingerprint density at radius 3 is 2.67 bits per heavy atom. The lowest BCUT2D eigenvalue weighted by Crippen LogP contribution is -2.09. The van der Waals surface area contributed by atoms with E-state index in [1.807, 2.05) is 0 Å². The van der Waals surface area contributed by atoms with Crippen molar-refractivity contribution in [3.63, 3.8) is 0 Å². The minimum absolute atomic E-state index is 0.0714. The van der Waals surface area contributed by atoms with Crippen LogP contribution in [0.4, 0.5) is 0 Å². The molecule has 2 rings (SSSR count). The van der Waals surface area contributed by atoms with Gasteiger partial charge in [0.25, 0.3) is 0 Å². The maximum Gasteiger partial charge on any atom is 0.347 e. The molecule has 6 heteroatoms. The molecular weight excluding hydrogens is 274 g/mol. The Morgan fingerprint density at radius 1 is 1.19 bits per heavy atom. The first-order valence-corrected chi connectivity index (χ1v) is 6.19. The summed E-state index contributed by atoms with van der Waals surface area (Å²) in [4.78, 5) is 27.8. The van der Waals surface area contributed by atoms with Gasteiger partial charge in [0.1, 0.15) is 17.1 Å². The zero-order chi connectivity index (χ0) is 15.2. The van der Waals surface area contributed by atoms with Gasteiger partial charge in [-0.3, -0.25) is 0 Å². The van der Waals surface area contributed by atoms with E-state index in [4.69, 9.17) is 9.57 Å². The maximum absolute atomic E-state index is 11.9. The van der Waals surface area contributed by atoms with Crippen molar-refractivity contribution in [3.8, 4) is 11.5 Å². The Labute approximate surface area is 121 Å². The van der Waals surface area contributed by atoms with Crippen LogP contribution < -0.4 is 4.74 Å². The van der Waals surface area contributed by atoms with Crippen molar-refractivity contribution in [2.24, 2.45) is 0 Å². The molecule has 1 N–H and O–H groups in total. The molecule has 6 nitrogen and oxygen atoms in total. The van der Waals surface area contributed by atoms with Crippen LogP contribution in [0.3, 0.4) is 0 Å². The first-order valence-electron chi connectivity index (χ1n) is 6.19. The molecule has 0 spiro atoms. The molecule has 0 saturated carbocycles. The Morgan fingerprint density at radius 2 is 1.95 bits per heavy atom. The van der Waals surface area contributed by atoms with Crippen molar-refractivity contribution >= 4 is 5.97 Å². The summed E-state index contributed by atoms with van der Waals surface area (Å²) in [5, 5.41) is 9.60. The van der Waals surface area contributed by atoms with Crippen LogP contribution in [0.25, 0.3) is 0 Å². The second-order valence-corrected chi connectivity index (χ2v) is 4.27. The van der Waals surface area contributed by atoms with Crippen LogP contribution in [-0.2, 0) is 11.4 Å². The molecule has 2 aromatic rings. The van der Waals surface area contributed by atoms with Gasteiger partial charge in [0.2, 0.25) is 12.0 Å². The fourth-order valence-corrected chi connectivity index (χ4v) is 1.67. The standard InChI is InChI=1S/C15H13NO5/c1-16(19)20-10-11-5-4-6-12(9-11)21-15(18)13-7-2-3-8-14(13)17/h2-9H,10H2,1H3/p+1. The lowest BCUT2D eigenvalue weighted by Gasteiger charge is -2.06. The minimum atomic E-state index is -0.660. The van der Waals surface area contributed by atoms with Crippen LogP contribution in [0.5, 0.6) is 11.5 Å². The number of esters is 1. The molecule has 0 fully saturated rings. The number of phenolic OH excluding ortho intramolecular Hbond substituents is 1. The average Bonchev–Trinajstić information content (AvgIpc) is 2.46. The van der Waals surface area contributed by atoms with Gasteiger partial charge >= 0.3 is 5.97 Å². The van der Waals surface area contributed by atoms with Crippen molar-refractivity contribution in [3.05, 3.63) is 64.6 Å². The summed E-state index contributed by atoms with van der Waals surface area (Å²) in [7, 11) is 1.24. The summed E-state index contributed by atoms with van der Waals surface area (Å²) >= 11 is 0. The second-order valence-electron chi connectivity index (χ2n) is 4.27. The number of para-hydroxylation sites is 1. The highest BCUT2D eigenvalue weighted by molar-refractivity contribution is 5.93. The summed E-state index contributed by atoms with van der Waals surface area (Å²) in [6, 6.07) is 12.7. The second kappa shape index (κ2) is 6.51. The lowest BCUT2D eigenvalue weighted by molar-refractivity contribution is -0.789. The van der Waals surface area contributed by atoms with Crippen LogP contribution in [-0.4, -0.2) is 23.0 Å². The highest BCUT2D eigenvalue weighted by atomic mass is 16.8. The van der Waals surface area contributed by atoms with Gasteiger partial charge in [-0.2, -0.15) is 0 Å². The first-order chi connectivity index (χ1) is 10.1. The zero-order valence-corrected chi connectivity index (χ0v) is 11.4. The third-order valence-corrected chi connectivity index (χ3v) is 2.65. The monoisotopic (exact) mass is 288 g/mol. The Bertz CT molecular complexity index is 669. The third-order valence-electron chi connectivity index (χ3n) is 2.65.